The first-order valence-electron chi connectivity index (χ1n) is 9.49. The number of nitrogens with zero attached hydrogens (tertiary/aromatic N) is 2. The van der Waals surface area contributed by atoms with Crippen molar-refractivity contribution < 1.29 is 9.53 Å². The van der Waals surface area contributed by atoms with Crippen LogP contribution >= 0.6 is 0 Å². The summed E-state index contributed by atoms with van der Waals surface area (Å²) in [6.07, 6.45) is 9.21. The normalized spacial score (nSPS) is 26.9. The van der Waals surface area contributed by atoms with Crippen LogP contribution in [0.1, 0.15) is 60.3 Å². The first-order valence-corrected chi connectivity index (χ1v) is 9.49. The van der Waals surface area contributed by atoms with E-state index in [4.69, 9.17) is 4.74 Å². The molecule has 25 heavy (non-hydrogen) atoms. The maximum atomic E-state index is 12.8. The highest BCUT2D eigenvalue weighted by molar-refractivity contribution is 6.00. The fraction of sp³-hybridized carbons (Fsp3) is 0.600. The van der Waals surface area contributed by atoms with Gasteiger partial charge in [-0.3, -0.25) is 4.79 Å². The minimum atomic E-state index is 0.000524. The highest BCUT2D eigenvalue weighted by Crippen LogP contribution is 2.33. The largest absolute Gasteiger partial charge is 0.378 e. The third kappa shape index (κ3) is 3.30. The van der Waals surface area contributed by atoms with Crippen LogP contribution in [0.2, 0.25) is 0 Å². The Morgan fingerprint density at radius 3 is 2.76 bits per heavy atom. The number of rotatable bonds is 3. The van der Waals surface area contributed by atoms with Gasteiger partial charge in [-0.1, -0.05) is 0 Å². The van der Waals surface area contributed by atoms with Gasteiger partial charge < -0.3 is 14.5 Å². The summed E-state index contributed by atoms with van der Waals surface area (Å²) in [4.78, 5) is 17.3. The standard InChI is InChI=1S/C20H27N3O2/c1-13-12-14(2)23-10-9-17(19(23)21-13)20(24)22-16-7-5-15(6-8-16)18-4-3-11-25-18/h9-10,12,15-16,18H,3-8,11H2,1-2H3,(H,22,24). The second-order valence-electron chi connectivity index (χ2n) is 7.60. The van der Waals surface area contributed by atoms with Crippen LogP contribution in [-0.2, 0) is 4.74 Å². The van der Waals surface area contributed by atoms with E-state index in [0.29, 0.717) is 17.6 Å². The van der Waals surface area contributed by atoms with Gasteiger partial charge in [0.2, 0.25) is 0 Å². The molecule has 134 valence electrons. The van der Waals surface area contributed by atoms with Crippen molar-refractivity contribution >= 4 is 11.6 Å². The molecule has 5 nitrogen and oxygen atoms in total. The van der Waals surface area contributed by atoms with Crippen LogP contribution in [0.25, 0.3) is 5.65 Å². The lowest BCUT2D eigenvalue weighted by molar-refractivity contribution is 0.0432. The lowest BCUT2D eigenvalue weighted by atomic mass is 9.82. The Morgan fingerprint density at radius 1 is 1.24 bits per heavy atom. The molecular formula is C20H27N3O2. The fourth-order valence-corrected chi connectivity index (χ4v) is 4.44. The third-order valence-corrected chi connectivity index (χ3v) is 5.78. The third-order valence-electron chi connectivity index (χ3n) is 5.78. The van der Waals surface area contributed by atoms with E-state index < -0.39 is 0 Å². The number of hydrogen-bond acceptors (Lipinski definition) is 3. The van der Waals surface area contributed by atoms with Crippen molar-refractivity contribution in [3.05, 3.63) is 35.3 Å². The lowest BCUT2D eigenvalue weighted by Gasteiger charge is -2.32. The molecule has 0 bridgehead atoms. The molecule has 0 radical (unpaired) electrons. The Labute approximate surface area is 148 Å². The monoisotopic (exact) mass is 341 g/mol. The van der Waals surface area contributed by atoms with E-state index in [9.17, 15) is 4.79 Å². The van der Waals surface area contributed by atoms with Gasteiger partial charge in [0.15, 0.2) is 0 Å². The quantitative estimate of drug-likeness (QED) is 0.931. The van der Waals surface area contributed by atoms with E-state index >= 15 is 0 Å². The summed E-state index contributed by atoms with van der Waals surface area (Å²) in [6, 6.07) is 4.18. The molecule has 1 aliphatic heterocycles. The van der Waals surface area contributed by atoms with Crippen LogP contribution in [0.3, 0.4) is 0 Å². The molecule has 1 N–H and O–H groups in total. The topological polar surface area (TPSA) is 55.6 Å². The van der Waals surface area contributed by atoms with Gasteiger partial charge in [0, 0.05) is 30.2 Å². The molecule has 5 heteroatoms. The Kier molecular flexibility index (Phi) is 4.50. The summed E-state index contributed by atoms with van der Waals surface area (Å²) >= 11 is 0. The Balaban J connectivity index is 1.41. The first-order chi connectivity index (χ1) is 12.1. The van der Waals surface area contributed by atoms with Crippen LogP contribution in [0, 0.1) is 19.8 Å². The minimum absolute atomic E-state index is 0.000524. The van der Waals surface area contributed by atoms with Crippen molar-refractivity contribution in [1.82, 2.24) is 14.7 Å². The molecule has 1 saturated carbocycles. The predicted molar refractivity (Wildman–Crippen MR) is 96.9 cm³/mol. The number of fused-ring (bicyclic) bond motifs is 1. The maximum Gasteiger partial charge on any atom is 0.255 e. The molecular weight excluding hydrogens is 314 g/mol. The molecule has 4 rings (SSSR count). The van der Waals surface area contributed by atoms with Gasteiger partial charge in [-0.15, -0.1) is 0 Å². The lowest BCUT2D eigenvalue weighted by Crippen LogP contribution is -2.39. The van der Waals surface area contributed by atoms with Crippen molar-refractivity contribution in [2.45, 2.75) is 64.5 Å². The summed E-state index contributed by atoms with van der Waals surface area (Å²) in [5.74, 6) is 0.679. The highest BCUT2D eigenvalue weighted by Gasteiger charge is 2.31. The zero-order valence-corrected chi connectivity index (χ0v) is 15.1. The van der Waals surface area contributed by atoms with Crippen molar-refractivity contribution in [2.75, 3.05) is 6.61 Å². The summed E-state index contributed by atoms with van der Waals surface area (Å²) < 4.78 is 7.82. The number of nitrogens with one attached hydrogen (secondary N) is 1. The highest BCUT2D eigenvalue weighted by atomic mass is 16.5. The molecule has 2 fully saturated rings. The van der Waals surface area contributed by atoms with Gasteiger partial charge >= 0.3 is 0 Å². The van der Waals surface area contributed by atoms with Crippen molar-refractivity contribution in [2.24, 2.45) is 5.92 Å². The van der Waals surface area contributed by atoms with Crippen molar-refractivity contribution in [3.63, 3.8) is 0 Å². The van der Waals surface area contributed by atoms with Crippen LogP contribution in [-0.4, -0.2) is 34.0 Å². The molecule has 2 aromatic rings. The van der Waals surface area contributed by atoms with E-state index in [0.717, 1.165) is 49.3 Å². The van der Waals surface area contributed by atoms with E-state index in [1.165, 1.54) is 12.8 Å². The summed E-state index contributed by atoms with van der Waals surface area (Å²) in [5.41, 5.74) is 3.46. The molecule has 1 unspecified atom stereocenters. The van der Waals surface area contributed by atoms with E-state index in [1.54, 1.807) is 0 Å². The molecule has 2 aliphatic rings. The summed E-state index contributed by atoms with van der Waals surface area (Å²) in [6.45, 7) is 4.93. The SMILES string of the molecule is Cc1cc(C)n2ccc(C(=O)NC3CCC(C4CCCO4)CC3)c2n1. The van der Waals surface area contributed by atoms with Crippen LogP contribution in [0.5, 0.6) is 0 Å². The number of aromatic nitrogens is 2. The second-order valence-corrected chi connectivity index (χ2v) is 7.60. The molecule has 0 spiro atoms. The molecule has 2 aromatic heterocycles. The molecule has 1 atom stereocenters. The van der Waals surface area contributed by atoms with E-state index in [-0.39, 0.29) is 11.9 Å². The zero-order valence-electron chi connectivity index (χ0n) is 15.1. The molecule has 1 saturated heterocycles. The van der Waals surface area contributed by atoms with Crippen LogP contribution in [0.4, 0.5) is 0 Å². The number of carbonyl (C=O) groups is 1. The Morgan fingerprint density at radius 2 is 2.04 bits per heavy atom. The number of amides is 1. The molecule has 1 amide bonds. The number of aryl methyl sites for hydroxylation is 2. The Bertz CT molecular complexity index is 769. The van der Waals surface area contributed by atoms with Gasteiger partial charge in [0.25, 0.3) is 5.91 Å². The summed E-state index contributed by atoms with van der Waals surface area (Å²) in [5, 5.41) is 3.23. The fourth-order valence-electron chi connectivity index (χ4n) is 4.44. The molecule has 3 heterocycles. The number of carbonyl (C=O) groups excluding carboxylic acids is 1. The van der Waals surface area contributed by atoms with Crippen molar-refractivity contribution in [3.8, 4) is 0 Å². The zero-order chi connectivity index (χ0) is 17.4. The van der Waals surface area contributed by atoms with Crippen LogP contribution < -0.4 is 5.32 Å². The minimum Gasteiger partial charge on any atom is -0.378 e. The smallest absolute Gasteiger partial charge is 0.255 e. The molecule has 0 aromatic carbocycles. The predicted octanol–water partition coefficient (Wildman–Crippen LogP) is 3.42. The second kappa shape index (κ2) is 6.79. The molecule has 1 aliphatic carbocycles. The number of ether oxygens (including phenoxy) is 1. The van der Waals surface area contributed by atoms with Gasteiger partial charge in [-0.25, -0.2) is 4.98 Å². The van der Waals surface area contributed by atoms with Gasteiger partial charge in [0.05, 0.1) is 11.7 Å². The Hall–Kier alpha value is -1.88. The van der Waals surface area contributed by atoms with Gasteiger partial charge in [-0.05, 0) is 70.4 Å². The summed E-state index contributed by atoms with van der Waals surface area (Å²) in [7, 11) is 0. The first kappa shape index (κ1) is 16.6. The van der Waals surface area contributed by atoms with Crippen molar-refractivity contribution in [1.29, 1.82) is 0 Å². The average molecular weight is 341 g/mol. The average Bonchev–Trinajstić information content (AvgIpc) is 3.25. The van der Waals surface area contributed by atoms with Gasteiger partial charge in [0.1, 0.15) is 5.65 Å². The number of hydrogen-bond donors (Lipinski definition) is 1. The van der Waals surface area contributed by atoms with Gasteiger partial charge in [-0.2, -0.15) is 0 Å². The van der Waals surface area contributed by atoms with E-state index in [2.05, 4.69) is 10.3 Å². The van der Waals surface area contributed by atoms with Crippen LogP contribution in [0.15, 0.2) is 18.3 Å². The van der Waals surface area contributed by atoms with E-state index in [1.807, 2.05) is 36.6 Å². The maximum absolute atomic E-state index is 12.8.